The largest absolute Gasteiger partial charge is 0.497 e. The number of likely N-dealkylation sites (tertiary alicyclic amines) is 1. The van der Waals surface area contributed by atoms with Gasteiger partial charge in [-0.2, -0.15) is 0 Å². The summed E-state index contributed by atoms with van der Waals surface area (Å²) in [6.45, 7) is 1.66. The van der Waals surface area contributed by atoms with Gasteiger partial charge in [0.05, 0.1) is 31.0 Å². The summed E-state index contributed by atoms with van der Waals surface area (Å²) in [6.07, 6.45) is 0. The number of methoxy groups -OCH3 is 1. The van der Waals surface area contributed by atoms with E-state index in [0.717, 1.165) is 22.3 Å². The number of benzene rings is 2. The number of aliphatic hydroxyl groups excluding tert-OH is 1. The van der Waals surface area contributed by atoms with Crippen molar-refractivity contribution in [2.24, 2.45) is 7.05 Å². The fraction of sp³-hybridized carbons (Fsp3) is 0.348. The van der Waals surface area contributed by atoms with E-state index in [1.54, 1.807) is 30.2 Å². The van der Waals surface area contributed by atoms with Gasteiger partial charge in [0.2, 0.25) is 0 Å². The third-order valence-electron chi connectivity index (χ3n) is 6.57. The van der Waals surface area contributed by atoms with Crippen LogP contribution in [0.15, 0.2) is 42.5 Å². The molecule has 3 heterocycles. The molecule has 1 atom stereocenters. The number of nitrogens with zero attached hydrogens (tertiary/aromatic N) is 2. The van der Waals surface area contributed by atoms with Crippen LogP contribution < -0.4 is 15.4 Å². The highest BCUT2D eigenvalue weighted by molar-refractivity contribution is 5.92. The van der Waals surface area contributed by atoms with Crippen molar-refractivity contribution in [2.75, 3.05) is 38.7 Å². The van der Waals surface area contributed by atoms with Gasteiger partial charge in [-0.05, 0) is 29.8 Å². The Hall–Kier alpha value is -3.10. The number of urea groups is 1. The fourth-order valence-electron chi connectivity index (χ4n) is 5.04. The van der Waals surface area contributed by atoms with E-state index >= 15 is 0 Å². The molecule has 162 valence electrons. The van der Waals surface area contributed by atoms with Gasteiger partial charge in [-0.15, -0.1) is 0 Å². The van der Waals surface area contributed by atoms with Gasteiger partial charge in [-0.1, -0.05) is 12.1 Å². The van der Waals surface area contributed by atoms with Crippen molar-refractivity contribution < 1.29 is 19.0 Å². The molecule has 7 nitrogen and oxygen atoms in total. The lowest BCUT2D eigenvalue weighted by atomic mass is 9.69. The van der Waals surface area contributed by atoms with Gasteiger partial charge in [-0.25, -0.2) is 9.18 Å². The first-order chi connectivity index (χ1) is 15.0. The molecule has 0 unspecified atom stereocenters. The number of rotatable bonds is 3. The molecule has 0 bridgehead atoms. The van der Waals surface area contributed by atoms with Crippen molar-refractivity contribution >= 4 is 22.6 Å². The van der Waals surface area contributed by atoms with Gasteiger partial charge in [0, 0.05) is 49.2 Å². The maximum Gasteiger partial charge on any atom is 0.321 e. The number of hydrogen-bond acceptors (Lipinski definition) is 4. The molecule has 0 radical (unpaired) electrons. The Kier molecular flexibility index (Phi) is 4.64. The predicted octanol–water partition coefficient (Wildman–Crippen LogP) is 2.75. The lowest BCUT2D eigenvalue weighted by molar-refractivity contribution is 0.0834. The number of hydrogen-bond donors (Lipinski definition) is 3. The van der Waals surface area contributed by atoms with Crippen LogP contribution in [0.25, 0.3) is 10.9 Å². The van der Waals surface area contributed by atoms with E-state index in [-0.39, 0.29) is 29.8 Å². The minimum Gasteiger partial charge on any atom is -0.497 e. The lowest BCUT2D eigenvalue weighted by Gasteiger charge is -2.53. The zero-order valence-corrected chi connectivity index (χ0v) is 17.5. The average Bonchev–Trinajstić information content (AvgIpc) is 3.06. The van der Waals surface area contributed by atoms with E-state index < -0.39 is 5.82 Å². The normalized spacial score (nSPS) is 19.2. The number of aryl methyl sites for hydroxylation is 1. The van der Waals surface area contributed by atoms with Gasteiger partial charge in [-0.3, -0.25) is 0 Å². The molecular formula is C23H25FN4O3. The fourth-order valence-corrected chi connectivity index (χ4v) is 5.04. The standard InChI is InChI=1S/C23H25FN4O3/c1-27-19-9-14(31-2)7-8-15(19)20-21(27)18(10-29)25-11-23(20)12-28(13-23)22(30)26-17-6-4-3-5-16(17)24/h3-9,18,25,29H,10-13H2,1-2H3,(H,26,30)/t18-/m1/s1. The van der Waals surface area contributed by atoms with Crippen molar-refractivity contribution in [3.05, 3.63) is 59.5 Å². The third-order valence-corrected chi connectivity index (χ3v) is 6.57. The molecule has 1 spiro atoms. The van der Waals surface area contributed by atoms with Crippen LogP contribution in [-0.2, 0) is 12.5 Å². The van der Waals surface area contributed by atoms with Crippen molar-refractivity contribution in [3.8, 4) is 5.75 Å². The molecule has 0 aliphatic carbocycles. The lowest BCUT2D eigenvalue weighted by Crippen LogP contribution is -2.67. The Morgan fingerprint density at radius 3 is 2.81 bits per heavy atom. The maximum atomic E-state index is 13.9. The number of anilines is 1. The van der Waals surface area contributed by atoms with Crippen LogP contribution in [0.2, 0.25) is 0 Å². The average molecular weight is 424 g/mol. The maximum absolute atomic E-state index is 13.9. The number of halogens is 1. The van der Waals surface area contributed by atoms with E-state index in [9.17, 15) is 14.3 Å². The number of carbonyl (C=O) groups is 1. The zero-order chi connectivity index (χ0) is 21.8. The van der Waals surface area contributed by atoms with Crippen LogP contribution in [0.5, 0.6) is 5.75 Å². The van der Waals surface area contributed by atoms with Gasteiger partial charge < -0.3 is 29.9 Å². The summed E-state index contributed by atoms with van der Waals surface area (Å²) in [5.41, 5.74) is 3.14. The minimum atomic E-state index is -0.457. The summed E-state index contributed by atoms with van der Waals surface area (Å²) in [5.74, 6) is 0.314. The second kappa shape index (κ2) is 7.25. The number of amides is 2. The second-order valence-electron chi connectivity index (χ2n) is 8.36. The molecular weight excluding hydrogens is 399 g/mol. The number of aliphatic hydroxyl groups is 1. The Morgan fingerprint density at radius 2 is 2.10 bits per heavy atom. The molecule has 2 aliphatic rings. The van der Waals surface area contributed by atoms with E-state index in [2.05, 4.69) is 21.3 Å². The molecule has 2 amide bonds. The molecule has 8 heteroatoms. The number of nitrogens with one attached hydrogen (secondary N) is 2. The van der Waals surface area contributed by atoms with Crippen molar-refractivity contribution in [1.82, 2.24) is 14.8 Å². The summed E-state index contributed by atoms with van der Waals surface area (Å²) < 4.78 is 21.4. The van der Waals surface area contributed by atoms with E-state index in [0.29, 0.717) is 19.6 Å². The number of aromatic nitrogens is 1. The number of ether oxygens (including phenoxy) is 1. The highest BCUT2D eigenvalue weighted by Gasteiger charge is 2.52. The first-order valence-corrected chi connectivity index (χ1v) is 10.3. The van der Waals surface area contributed by atoms with Crippen LogP contribution >= 0.6 is 0 Å². The van der Waals surface area contributed by atoms with Crippen molar-refractivity contribution in [1.29, 1.82) is 0 Å². The summed E-state index contributed by atoms with van der Waals surface area (Å²) >= 11 is 0. The number of fused-ring (bicyclic) bond motifs is 4. The smallest absolute Gasteiger partial charge is 0.321 e. The number of para-hydroxylation sites is 1. The summed E-state index contributed by atoms with van der Waals surface area (Å²) in [5, 5.41) is 17.2. The summed E-state index contributed by atoms with van der Waals surface area (Å²) in [4.78, 5) is 14.4. The molecule has 2 aromatic carbocycles. The summed E-state index contributed by atoms with van der Waals surface area (Å²) in [7, 11) is 3.63. The van der Waals surface area contributed by atoms with Crippen LogP contribution in [0, 0.1) is 5.82 Å². The van der Waals surface area contributed by atoms with Crippen LogP contribution in [-0.4, -0.2) is 54.0 Å². The molecule has 31 heavy (non-hydrogen) atoms. The van der Waals surface area contributed by atoms with Gasteiger partial charge >= 0.3 is 6.03 Å². The van der Waals surface area contributed by atoms with Crippen LogP contribution in [0.3, 0.4) is 0 Å². The molecule has 3 aromatic rings. The molecule has 1 aromatic heterocycles. The van der Waals surface area contributed by atoms with Gasteiger partial charge in [0.25, 0.3) is 0 Å². The Morgan fingerprint density at radius 1 is 1.32 bits per heavy atom. The van der Waals surface area contributed by atoms with Gasteiger partial charge in [0.15, 0.2) is 0 Å². The molecule has 3 N–H and O–H groups in total. The Labute approximate surface area is 179 Å². The molecule has 5 rings (SSSR count). The number of carbonyl (C=O) groups excluding carboxylic acids is 1. The minimum absolute atomic E-state index is 0.0120. The monoisotopic (exact) mass is 424 g/mol. The Bertz CT molecular complexity index is 1170. The van der Waals surface area contributed by atoms with Crippen LogP contribution in [0.1, 0.15) is 17.3 Å². The predicted molar refractivity (Wildman–Crippen MR) is 116 cm³/mol. The summed E-state index contributed by atoms with van der Waals surface area (Å²) in [6, 6.07) is 11.6. The highest BCUT2D eigenvalue weighted by Crippen LogP contribution is 2.46. The molecule has 0 saturated carbocycles. The quantitative estimate of drug-likeness (QED) is 0.604. The SMILES string of the molecule is COc1ccc2c3c(n(C)c2c1)[C@@H](CO)NCC31CN(C(=O)Nc2ccccc2F)C1. The van der Waals surface area contributed by atoms with Gasteiger partial charge in [0.1, 0.15) is 11.6 Å². The van der Waals surface area contributed by atoms with Crippen molar-refractivity contribution in [3.63, 3.8) is 0 Å². The molecule has 1 fully saturated rings. The zero-order valence-electron chi connectivity index (χ0n) is 17.5. The molecule has 1 saturated heterocycles. The topological polar surface area (TPSA) is 78.8 Å². The Balaban J connectivity index is 1.48. The second-order valence-corrected chi connectivity index (χ2v) is 8.36. The van der Waals surface area contributed by atoms with Crippen molar-refractivity contribution in [2.45, 2.75) is 11.5 Å². The van der Waals surface area contributed by atoms with Crippen LogP contribution in [0.4, 0.5) is 14.9 Å². The van der Waals surface area contributed by atoms with E-state index in [4.69, 9.17) is 4.74 Å². The first-order valence-electron chi connectivity index (χ1n) is 10.3. The first kappa shape index (κ1) is 19.8. The van der Waals surface area contributed by atoms with E-state index in [1.807, 2.05) is 19.2 Å². The highest BCUT2D eigenvalue weighted by atomic mass is 19.1. The molecule has 2 aliphatic heterocycles. The van der Waals surface area contributed by atoms with E-state index in [1.165, 1.54) is 11.6 Å². The third kappa shape index (κ3) is 2.97.